The molecule has 142 valence electrons. The van der Waals surface area contributed by atoms with Gasteiger partial charge in [0.15, 0.2) is 0 Å². The zero-order valence-electron chi connectivity index (χ0n) is 13.6. The van der Waals surface area contributed by atoms with Crippen LogP contribution in [-0.4, -0.2) is 47.5 Å². The molecule has 1 aromatic heterocycles. The van der Waals surface area contributed by atoms with Crippen LogP contribution < -0.4 is 15.2 Å². The Kier molecular flexibility index (Phi) is 6.18. The molecule has 1 amide bonds. The lowest BCUT2D eigenvalue weighted by Crippen LogP contribution is -2.33. The Bertz CT molecular complexity index is 907. The summed E-state index contributed by atoms with van der Waals surface area (Å²) in [6.45, 7) is 0.303. The molecule has 0 aliphatic rings. The van der Waals surface area contributed by atoms with Gasteiger partial charge >= 0.3 is 16.4 Å². The number of amides is 1. The number of carbonyl (C=O) groups is 2. The number of aromatic amines is 1. The first-order valence-corrected chi connectivity index (χ1v) is 9.04. The molecule has 0 aliphatic heterocycles. The van der Waals surface area contributed by atoms with Gasteiger partial charge in [0, 0.05) is 30.1 Å². The van der Waals surface area contributed by atoms with Gasteiger partial charge in [0.1, 0.15) is 11.8 Å². The zero-order chi connectivity index (χ0) is 19.3. The van der Waals surface area contributed by atoms with Gasteiger partial charge in [-0.15, -0.1) is 0 Å². The van der Waals surface area contributed by atoms with Crippen LogP contribution in [0.5, 0.6) is 5.75 Å². The van der Waals surface area contributed by atoms with Gasteiger partial charge in [-0.3, -0.25) is 14.1 Å². The van der Waals surface area contributed by atoms with E-state index >= 15 is 0 Å². The standard InChI is InChI=1S/C15H19N3O7S/c16-12(15(20)21)2-4-14(19)17-6-5-9-8-18-13-3-1-10(7-11(9)13)25-26(22,23)24/h1,3,7-8,12,18H,2,4-6,16H2,(H,17,19)(H,20,21)(H,22,23,24)/t12-/m0/s1. The molecule has 0 saturated heterocycles. The Morgan fingerprint density at radius 1 is 1.35 bits per heavy atom. The maximum atomic E-state index is 11.7. The number of H-pyrrole nitrogens is 1. The number of hydrogen-bond donors (Lipinski definition) is 5. The molecule has 0 saturated carbocycles. The Morgan fingerprint density at radius 3 is 2.73 bits per heavy atom. The van der Waals surface area contributed by atoms with Crippen LogP contribution in [-0.2, 0) is 26.4 Å². The van der Waals surface area contributed by atoms with Crippen LogP contribution in [0.4, 0.5) is 0 Å². The minimum atomic E-state index is -4.61. The van der Waals surface area contributed by atoms with Gasteiger partial charge in [0.05, 0.1) is 0 Å². The van der Waals surface area contributed by atoms with Crippen LogP contribution in [0.3, 0.4) is 0 Å². The van der Waals surface area contributed by atoms with Gasteiger partial charge in [-0.1, -0.05) is 0 Å². The number of hydrogen-bond acceptors (Lipinski definition) is 6. The molecule has 0 aliphatic carbocycles. The molecule has 1 aromatic carbocycles. The van der Waals surface area contributed by atoms with Crippen molar-refractivity contribution in [2.75, 3.05) is 6.54 Å². The number of benzene rings is 1. The van der Waals surface area contributed by atoms with E-state index in [1.54, 1.807) is 12.3 Å². The van der Waals surface area contributed by atoms with E-state index in [1.165, 1.54) is 12.1 Å². The van der Waals surface area contributed by atoms with Crippen molar-refractivity contribution < 1.29 is 31.8 Å². The van der Waals surface area contributed by atoms with Crippen LogP contribution >= 0.6 is 0 Å². The normalized spacial score (nSPS) is 12.7. The Balaban J connectivity index is 1.93. The van der Waals surface area contributed by atoms with E-state index in [0.717, 1.165) is 11.1 Å². The smallest absolute Gasteiger partial charge is 0.446 e. The summed E-state index contributed by atoms with van der Waals surface area (Å²) in [5.74, 6) is -1.50. The summed E-state index contributed by atoms with van der Waals surface area (Å²) in [7, 11) is -4.61. The summed E-state index contributed by atoms with van der Waals surface area (Å²) in [6.07, 6.45) is 2.22. The second-order valence-corrected chi connectivity index (χ2v) is 6.64. The van der Waals surface area contributed by atoms with Gasteiger partial charge in [-0.05, 0) is 36.6 Å². The number of rotatable bonds is 9. The third kappa shape index (κ3) is 5.72. The van der Waals surface area contributed by atoms with Crippen LogP contribution in [0.15, 0.2) is 24.4 Å². The topological polar surface area (TPSA) is 172 Å². The molecule has 0 unspecified atom stereocenters. The van der Waals surface area contributed by atoms with Gasteiger partial charge in [0.2, 0.25) is 5.91 Å². The highest BCUT2D eigenvalue weighted by molar-refractivity contribution is 7.81. The van der Waals surface area contributed by atoms with Crippen molar-refractivity contribution in [3.63, 3.8) is 0 Å². The lowest BCUT2D eigenvalue weighted by molar-refractivity contribution is -0.138. The van der Waals surface area contributed by atoms with Crippen LogP contribution in [0.2, 0.25) is 0 Å². The molecule has 10 nitrogen and oxygen atoms in total. The first-order valence-electron chi connectivity index (χ1n) is 7.67. The van der Waals surface area contributed by atoms with E-state index < -0.39 is 22.4 Å². The predicted molar refractivity (Wildman–Crippen MR) is 92.0 cm³/mol. The average molecular weight is 385 g/mol. The number of nitrogens with two attached hydrogens (primary N) is 1. The third-order valence-electron chi connectivity index (χ3n) is 3.66. The minimum absolute atomic E-state index is 0.00764. The number of carboxylic acid groups (broad SMARTS) is 1. The molecule has 2 aromatic rings. The Labute approximate surface area is 149 Å². The van der Waals surface area contributed by atoms with E-state index in [1.807, 2.05) is 0 Å². The molecule has 11 heteroatoms. The average Bonchev–Trinajstić information content (AvgIpc) is 2.93. The fraction of sp³-hybridized carbons (Fsp3) is 0.333. The molecule has 0 fully saturated rings. The molecular weight excluding hydrogens is 366 g/mol. The maximum Gasteiger partial charge on any atom is 0.446 e. The van der Waals surface area contributed by atoms with Crippen molar-refractivity contribution in [2.45, 2.75) is 25.3 Å². The van der Waals surface area contributed by atoms with E-state index in [2.05, 4.69) is 14.5 Å². The molecule has 26 heavy (non-hydrogen) atoms. The number of aromatic nitrogens is 1. The van der Waals surface area contributed by atoms with Crippen LogP contribution in [0, 0.1) is 0 Å². The summed E-state index contributed by atoms with van der Waals surface area (Å²) in [5, 5.41) is 12.0. The second-order valence-electron chi connectivity index (χ2n) is 5.62. The summed E-state index contributed by atoms with van der Waals surface area (Å²) >= 11 is 0. The van der Waals surface area contributed by atoms with Gasteiger partial charge in [-0.2, -0.15) is 8.42 Å². The monoisotopic (exact) mass is 385 g/mol. The first-order chi connectivity index (χ1) is 12.2. The fourth-order valence-electron chi connectivity index (χ4n) is 2.37. The largest absolute Gasteiger partial charge is 0.480 e. The highest BCUT2D eigenvalue weighted by Gasteiger charge is 2.14. The van der Waals surface area contributed by atoms with Crippen LogP contribution in [0.1, 0.15) is 18.4 Å². The van der Waals surface area contributed by atoms with E-state index in [4.69, 9.17) is 15.4 Å². The van der Waals surface area contributed by atoms with Gasteiger partial charge < -0.3 is 25.3 Å². The maximum absolute atomic E-state index is 11.7. The van der Waals surface area contributed by atoms with Crippen molar-refractivity contribution in [1.29, 1.82) is 0 Å². The summed E-state index contributed by atoms with van der Waals surface area (Å²) in [5.41, 5.74) is 6.88. The van der Waals surface area contributed by atoms with Crippen molar-refractivity contribution >= 4 is 33.2 Å². The highest BCUT2D eigenvalue weighted by Crippen LogP contribution is 2.24. The quantitative estimate of drug-likeness (QED) is 0.381. The molecule has 1 heterocycles. The lowest BCUT2D eigenvalue weighted by atomic mass is 10.1. The van der Waals surface area contributed by atoms with Crippen molar-refractivity contribution in [3.8, 4) is 5.75 Å². The number of carbonyl (C=O) groups excluding carboxylic acids is 1. The van der Waals surface area contributed by atoms with E-state index in [-0.39, 0.29) is 24.5 Å². The van der Waals surface area contributed by atoms with Crippen molar-refractivity contribution in [3.05, 3.63) is 30.0 Å². The Morgan fingerprint density at radius 2 is 2.08 bits per heavy atom. The summed E-state index contributed by atoms with van der Waals surface area (Å²) in [4.78, 5) is 25.3. The zero-order valence-corrected chi connectivity index (χ0v) is 14.5. The van der Waals surface area contributed by atoms with Crippen LogP contribution in [0.25, 0.3) is 10.9 Å². The van der Waals surface area contributed by atoms with Crippen molar-refractivity contribution in [2.24, 2.45) is 5.73 Å². The SMILES string of the molecule is N[C@@H](CCC(=O)NCCc1c[nH]c2ccc(OS(=O)(=O)O)cc12)C(=O)O. The first kappa shape index (κ1) is 19.7. The van der Waals surface area contributed by atoms with E-state index in [0.29, 0.717) is 18.4 Å². The number of fused-ring (bicyclic) bond motifs is 1. The molecule has 6 N–H and O–H groups in total. The molecule has 0 radical (unpaired) electrons. The second kappa shape index (κ2) is 8.17. The minimum Gasteiger partial charge on any atom is -0.480 e. The third-order valence-corrected chi connectivity index (χ3v) is 4.06. The van der Waals surface area contributed by atoms with E-state index in [9.17, 15) is 18.0 Å². The summed E-state index contributed by atoms with van der Waals surface area (Å²) < 4.78 is 34.8. The number of nitrogens with one attached hydrogen (secondary N) is 2. The molecule has 0 spiro atoms. The number of aliphatic carboxylic acids is 1. The van der Waals surface area contributed by atoms with Crippen molar-refractivity contribution in [1.82, 2.24) is 10.3 Å². The molecule has 0 bridgehead atoms. The molecular formula is C15H19N3O7S. The fourth-order valence-corrected chi connectivity index (χ4v) is 2.72. The lowest BCUT2D eigenvalue weighted by Gasteiger charge is -2.07. The molecule has 1 atom stereocenters. The predicted octanol–water partition coefficient (Wildman–Crippen LogP) is 0.200. The molecule has 2 rings (SSSR count). The Hall–Kier alpha value is -2.63. The highest BCUT2D eigenvalue weighted by atomic mass is 32.3. The van der Waals surface area contributed by atoms with Gasteiger partial charge in [0.25, 0.3) is 0 Å². The van der Waals surface area contributed by atoms with Gasteiger partial charge in [-0.25, -0.2) is 0 Å². The number of carboxylic acids is 1. The summed E-state index contributed by atoms with van der Waals surface area (Å²) in [6, 6.07) is 3.38.